The molecule has 0 saturated heterocycles. The molecule has 1 aromatic carbocycles. The van der Waals surface area contributed by atoms with E-state index in [2.05, 4.69) is 35.9 Å². The maximum atomic E-state index is 12.1. The van der Waals surface area contributed by atoms with E-state index in [1.807, 2.05) is 41.8 Å². The number of carbonyl (C=O) groups excluding carboxylic acids is 1. The molecule has 0 saturated carbocycles. The number of nitrogens with zero attached hydrogens (tertiary/aromatic N) is 3. The monoisotopic (exact) mass is 344 g/mol. The van der Waals surface area contributed by atoms with Crippen molar-refractivity contribution in [2.45, 2.75) is 38.5 Å². The molecular weight excluding hydrogens is 320 g/mol. The maximum Gasteiger partial charge on any atom is 0.230 e. The Morgan fingerprint density at radius 3 is 2.62 bits per heavy atom. The minimum atomic E-state index is 0.00983. The molecule has 24 heavy (non-hydrogen) atoms. The molecular formula is C18H24N4OS. The van der Waals surface area contributed by atoms with E-state index in [1.165, 1.54) is 11.8 Å². The maximum absolute atomic E-state index is 12.1. The van der Waals surface area contributed by atoms with Gasteiger partial charge in [0.25, 0.3) is 0 Å². The molecule has 2 rings (SSSR count). The Kier molecular flexibility index (Phi) is 6.61. The average molecular weight is 344 g/mol. The van der Waals surface area contributed by atoms with E-state index in [0.29, 0.717) is 18.2 Å². The van der Waals surface area contributed by atoms with Crippen molar-refractivity contribution in [2.75, 3.05) is 5.75 Å². The van der Waals surface area contributed by atoms with Gasteiger partial charge in [0.1, 0.15) is 0 Å². The zero-order chi connectivity index (χ0) is 17.5. The lowest BCUT2D eigenvalue weighted by Gasteiger charge is -2.17. The zero-order valence-electron chi connectivity index (χ0n) is 14.4. The Bertz CT molecular complexity index is 682. The Labute approximate surface area is 147 Å². The standard InChI is InChI=1S/C18H24N4OS/c1-5-11-22-17(15-9-7-6-8-10-15)20-21-18(22)24-12-16(23)19-14(4)13(2)3/h5-10,13-14H,1,11-12H2,2-4H3,(H,19,23). The molecule has 0 aliphatic heterocycles. The van der Waals surface area contributed by atoms with Crippen LogP contribution in [0.15, 0.2) is 48.1 Å². The van der Waals surface area contributed by atoms with E-state index in [9.17, 15) is 4.79 Å². The lowest BCUT2D eigenvalue weighted by atomic mass is 10.1. The van der Waals surface area contributed by atoms with Crippen LogP contribution in [0.4, 0.5) is 0 Å². The summed E-state index contributed by atoms with van der Waals surface area (Å²) in [5, 5.41) is 12.3. The summed E-state index contributed by atoms with van der Waals surface area (Å²) in [4.78, 5) is 12.1. The molecule has 2 aromatic rings. The molecule has 1 atom stereocenters. The van der Waals surface area contributed by atoms with E-state index in [0.717, 1.165) is 16.5 Å². The van der Waals surface area contributed by atoms with Crippen LogP contribution in [0, 0.1) is 5.92 Å². The predicted molar refractivity (Wildman–Crippen MR) is 98.8 cm³/mol. The molecule has 0 aliphatic carbocycles. The molecule has 5 nitrogen and oxygen atoms in total. The van der Waals surface area contributed by atoms with E-state index in [-0.39, 0.29) is 11.9 Å². The van der Waals surface area contributed by atoms with Crippen LogP contribution < -0.4 is 5.32 Å². The first-order valence-corrected chi connectivity index (χ1v) is 9.03. The Balaban J connectivity index is 2.09. The Hall–Kier alpha value is -2.08. The summed E-state index contributed by atoms with van der Waals surface area (Å²) < 4.78 is 1.98. The van der Waals surface area contributed by atoms with Gasteiger partial charge in [-0.25, -0.2) is 0 Å². The fraction of sp³-hybridized carbons (Fsp3) is 0.389. The van der Waals surface area contributed by atoms with Crippen molar-refractivity contribution in [1.29, 1.82) is 0 Å². The van der Waals surface area contributed by atoms with Crippen molar-refractivity contribution in [3.8, 4) is 11.4 Å². The third kappa shape index (κ3) is 4.71. The van der Waals surface area contributed by atoms with Crippen LogP contribution >= 0.6 is 11.8 Å². The first kappa shape index (κ1) is 18.3. The highest BCUT2D eigenvalue weighted by Crippen LogP contribution is 2.23. The molecule has 1 amide bonds. The molecule has 1 unspecified atom stereocenters. The molecule has 1 aromatic heterocycles. The number of amides is 1. The van der Waals surface area contributed by atoms with Crippen molar-refractivity contribution in [2.24, 2.45) is 5.92 Å². The van der Waals surface area contributed by atoms with Gasteiger partial charge in [-0.05, 0) is 12.8 Å². The summed E-state index contributed by atoms with van der Waals surface area (Å²) in [7, 11) is 0. The molecule has 0 spiro atoms. The lowest BCUT2D eigenvalue weighted by molar-refractivity contribution is -0.119. The lowest BCUT2D eigenvalue weighted by Crippen LogP contribution is -2.37. The second kappa shape index (κ2) is 8.68. The van der Waals surface area contributed by atoms with E-state index in [1.54, 1.807) is 6.08 Å². The number of nitrogens with one attached hydrogen (secondary N) is 1. The van der Waals surface area contributed by atoms with Crippen LogP contribution in [0.2, 0.25) is 0 Å². The zero-order valence-corrected chi connectivity index (χ0v) is 15.2. The molecule has 1 heterocycles. The summed E-state index contributed by atoms with van der Waals surface area (Å²) in [5.41, 5.74) is 0.997. The van der Waals surface area contributed by atoms with Crippen LogP contribution in [0.25, 0.3) is 11.4 Å². The minimum Gasteiger partial charge on any atom is -0.353 e. The van der Waals surface area contributed by atoms with E-state index in [4.69, 9.17) is 0 Å². The van der Waals surface area contributed by atoms with Crippen LogP contribution in [0.1, 0.15) is 20.8 Å². The molecule has 0 bridgehead atoms. The highest BCUT2D eigenvalue weighted by molar-refractivity contribution is 7.99. The van der Waals surface area contributed by atoms with Gasteiger partial charge in [-0.3, -0.25) is 9.36 Å². The summed E-state index contributed by atoms with van der Waals surface area (Å²) >= 11 is 1.39. The number of hydrogen-bond donors (Lipinski definition) is 1. The highest BCUT2D eigenvalue weighted by Gasteiger charge is 2.16. The third-order valence-corrected chi connectivity index (χ3v) is 4.75. The molecule has 0 aliphatic rings. The summed E-state index contributed by atoms with van der Waals surface area (Å²) in [5.74, 6) is 1.53. The number of carbonyl (C=O) groups is 1. The molecule has 1 N–H and O–H groups in total. The van der Waals surface area contributed by atoms with Crippen LogP contribution in [0.5, 0.6) is 0 Å². The smallest absolute Gasteiger partial charge is 0.230 e. The first-order valence-electron chi connectivity index (χ1n) is 8.04. The Morgan fingerprint density at radius 1 is 1.29 bits per heavy atom. The number of thioether (sulfide) groups is 1. The number of hydrogen-bond acceptors (Lipinski definition) is 4. The number of benzene rings is 1. The second-order valence-electron chi connectivity index (χ2n) is 5.96. The van der Waals surface area contributed by atoms with Crippen molar-refractivity contribution in [3.63, 3.8) is 0 Å². The van der Waals surface area contributed by atoms with Gasteiger partial charge in [-0.2, -0.15) is 0 Å². The highest BCUT2D eigenvalue weighted by atomic mass is 32.2. The van der Waals surface area contributed by atoms with Crippen LogP contribution in [-0.4, -0.2) is 32.5 Å². The van der Waals surface area contributed by atoms with Gasteiger partial charge in [0.15, 0.2) is 11.0 Å². The number of rotatable bonds is 8. The normalized spacial score (nSPS) is 12.2. The Morgan fingerprint density at radius 2 is 2.00 bits per heavy atom. The van der Waals surface area contributed by atoms with Gasteiger partial charge in [-0.1, -0.05) is 62.0 Å². The van der Waals surface area contributed by atoms with Crippen LogP contribution in [-0.2, 0) is 11.3 Å². The van der Waals surface area contributed by atoms with E-state index >= 15 is 0 Å². The molecule has 0 fully saturated rings. The van der Waals surface area contributed by atoms with Crippen molar-refractivity contribution in [1.82, 2.24) is 20.1 Å². The molecule has 0 radical (unpaired) electrons. The summed E-state index contributed by atoms with van der Waals surface area (Å²) in [6, 6.07) is 10.0. The number of aromatic nitrogens is 3. The average Bonchev–Trinajstić information content (AvgIpc) is 2.97. The molecule has 6 heteroatoms. The van der Waals surface area contributed by atoms with Gasteiger partial charge in [0.2, 0.25) is 5.91 Å². The van der Waals surface area contributed by atoms with Crippen molar-refractivity contribution < 1.29 is 4.79 Å². The predicted octanol–water partition coefficient (Wildman–Crippen LogP) is 3.38. The van der Waals surface area contributed by atoms with Gasteiger partial charge in [-0.15, -0.1) is 16.8 Å². The largest absolute Gasteiger partial charge is 0.353 e. The quantitative estimate of drug-likeness (QED) is 0.589. The fourth-order valence-electron chi connectivity index (χ4n) is 2.08. The minimum absolute atomic E-state index is 0.00983. The van der Waals surface area contributed by atoms with Crippen molar-refractivity contribution >= 4 is 17.7 Å². The second-order valence-corrected chi connectivity index (χ2v) is 6.90. The SMILES string of the molecule is C=CCn1c(SCC(=O)NC(C)C(C)C)nnc1-c1ccccc1. The first-order chi connectivity index (χ1) is 11.5. The van der Waals surface area contributed by atoms with Crippen LogP contribution in [0.3, 0.4) is 0 Å². The number of allylic oxidation sites excluding steroid dienone is 1. The summed E-state index contributed by atoms with van der Waals surface area (Å²) in [6.45, 7) is 10.6. The van der Waals surface area contributed by atoms with Crippen molar-refractivity contribution in [3.05, 3.63) is 43.0 Å². The molecule has 128 valence electrons. The fourth-order valence-corrected chi connectivity index (χ4v) is 2.84. The third-order valence-electron chi connectivity index (χ3n) is 3.78. The van der Waals surface area contributed by atoms with Gasteiger partial charge in [0, 0.05) is 18.2 Å². The topological polar surface area (TPSA) is 59.8 Å². The van der Waals surface area contributed by atoms with Gasteiger partial charge < -0.3 is 5.32 Å². The van der Waals surface area contributed by atoms with Gasteiger partial charge in [0.05, 0.1) is 5.75 Å². The van der Waals surface area contributed by atoms with E-state index < -0.39 is 0 Å². The van der Waals surface area contributed by atoms with Gasteiger partial charge >= 0.3 is 0 Å². The summed E-state index contributed by atoms with van der Waals surface area (Å²) in [6.07, 6.45) is 1.81.